The Balaban J connectivity index is 1.68. The van der Waals surface area contributed by atoms with Crippen LogP contribution in [0.1, 0.15) is 21.5 Å². The van der Waals surface area contributed by atoms with Gasteiger partial charge in [0.1, 0.15) is 11.5 Å². The predicted octanol–water partition coefficient (Wildman–Crippen LogP) is 4.30. The molecule has 0 saturated carbocycles. The molecule has 7 nitrogen and oxygen atoms in total. The highest BCUT2D eigenvalue weighted by molar-refractivity contribution is 7.92. The van der Waals surface area contributed by atoms with Crippen LogP contribution in [0.15, 0.2) is 66.7 Å². The number of hydrogen-bond donors (Lipinski definition) is 1. The Morgan fingerprint density at radius 2 is 1.59 bits per heavy atom. The first-order chi connectivity index (χ1) is 16.2. The zero-order valence-electron chi connectivity index (χ0n) is 19.2. The zero-order chi connectivity index (χ0) is 24.7. The fraction of sp³-hybridized carbons (Fsp3) is 0.240. The normalized spacial score (nSPS) is 11.1. The monoisotopic (exact) mass is 502 g/mol. The molecule has 9 heteroatoms. The van der Waals surface area contributed by atoms with Crippen molar-refractivity contribution in [2.24, 2.45) is 0 Å². The number of sulfonamides is 1. The first-order valence-corrected chi connectivity index (χ1v) is 12.7. The van der Waals surface area contributed by atoms with Gasteiger partial charge in [0, 0.05) is 23.2 Å². The van der Waals surface area contributed by atoms with Gasteiger partial charge in [0.25, 0.3) is 5.91 Å². The van der Waals surface area contributed by atoms with Crippen molar-refractivity contribution in [3.63, 3.8) is 0 Å². The zero-order valence-corrected chi connectivity index (χ0v) is 20.8. The van der Waals surface area contributed by atoms with Gasteiger partial charge in [-0.25, -0.2) is 8.42 Å². The number of hydrogen-bond acceptors (Lipinski definition) is 5. The van der Waals surface area contributed by atoms with E-state index in [0.29, 0.717) is 40.7 Å². The summed E-state index contributed by atoms with van der Waals surface area (Å²) in [6, 6.07) is 19.3. The Labute approximate surface area is 205 Å². The van der Waals surface area contributed by atoms with Gasteiger partial charge in [0.2, 0.25) is 10.0 Å². The van der Waals surface area contributed by atoms with Crippen LogP contribution in [-0.2, 0) is 23.0 Å². The molecule has 0 unspecified atom stereocenters. The fourth-order valence-electron chi connectivity index (χ4n) is 3.37. The van der Waals surface area contributed by atoms with Crippen LogP contribution >= 0.6 is 11.6 Å². The second-order valence-corrected chi connectivity index (χ2v) is 9.98. The number of carbonyl (C=O) groups is 1. The molecular formula is C25H27ClN2O5S. The third kappa shape index (κ3) is 6.65. The molecule has 3 rings (SSSR count). The minimum absolute atomic E-state index is 0.0833. The fourth-order valence-corrected chi connectivity index (χ4v) is 4.39. The van der Waals surface area contributed by atoms with E-state index in [4.69, 9.17) is 21.1 Å². The maximum Gasteiger partial charge on any atom is 0.251 e. The number of halogens is 1. The molecule has 0 saturated heterocycles. The minimum Gasteiger partial charge on any atom is -0.497 e. The number of nitrogens with zero attached hydrogens (tertiary/aromatic N) is 1. The van der Waals surface area contributed by atoms with Crippen molar-refractivity contribution in [1.29, 1.82) is 0 Å². The van der Waals surface area contributed by atoms with E-state index in [9.17, 15) is 13.2 Å². The number of rotatable bonds is 10. The lowest BCUT2D eigenvalue weighted by Crippen LogP contribution is -2.30. The Kier molecular flexibility index (Phi) is 8.41. The average Bonchev–Trinajstić information content (AvgIpc) is 2.83. The molecule has 0 aromatic heterocycles. The molecule has 0 aliphatic carbocycles. The smallest absolute Gasteiger partial charge is 0.251 e. The minimum atomic E-state index is -3.61. The number of carbonyl (C=O) groups excluding carboxylic acids is 1. The summed E-state index contributed by atoms with van der Waals surface area (Å²) >= 11 is 5.89. The van der Waals surface area contributed by atoms with E-state index < -0.39 is 10.0 Å². The molecule has 3 aromatic carbocycles. The van der Waals surface area contributed by atoms with E-state index >= 15 is 0 Å². The molecule has 0 aliphatic rings. The molecule has 0 aliphatic heterocycles. The largest absolute Gasteiger partial charge is 0.497 e. The molecule has 0 radical (unpaired) electrons. The van der Waals surface area contributed by atoms with Gasteiger partial charge in [-0.15, -0.1) is 0 Å². The molecule has 0 atom stereocenters. The van der Waals surface area contributed by atoms with Gasteiger partial charge in [-0.2, -0.15) is 0 Å². The van der Waals surface area contributed by atoms with Crippen molar-refractivity contribution in [2.45, 2.75) is 13.0 Å². The number of methoxy groups -OCH3 is 2. The summed E-state index contributed by atoms with van der Waals surface area (Å²) in [5.74, 6) is 0.735. The van der Waals surface area contributed by atoms with Crippen LogP contribution < -0.4 is 19.1 Å². The molecule has 0 bridgehead atoms. The summed E-state index contributed by atoms with van der Waals surface area (Å²) in [6.07, 6.45) is 1.83. The standard InChI is InChI=1S/C25H27ClN2O5S/c1-32-22-12-13-23(24(16-22)33-2)28(34(3,30)31)17-19-4-8-20(9-5-19)25(29)27-15-14-18-6-10-21(26)11-7-18/h4-13,16H,14-15,17H2,1-3H3,(H,27,29). The molecule has 1 N–H and O–H groups in total. The molecule has 0 spiro atoms. The van der Waals surface area contributed by atoms with E-state index in [1.165, 1.54) is 18.5 Å². The highest BCUT2D eigenvalue weighted by Gasteiger charge is 2.22. The molecule has 3 aromatic rings. The number of amides is 1. The van der Waals surface area contributed by atoms with Crippen LogP contribution in [0.3, 0.4) is 0 Å². The molecule has 180 valence electrons. The van der Waals surface area contributed by atoms with Crippen LogP contribution in [0, 0.1) is 0 Å². The lowest BCUT2D eigenvalue weighted by Gasteiger charge is -2.24. The van der Waals surface area contributed by atoms with Gasteiger partial charge < -0.3 is 14.8 Å². The third-order valence-corrected chi connectivity index (χ3v) is 6.59. The molecule has 0 fully saturated rings. The van der Waals surface area contributed by atoms with E-state index in [-0.39, 0.29) is 12.5 Å². The lowest BCUT2D eigenvalue weighted by atomic mass is 10.1. The summed E-state index contributed by atoms with van der Waals surface area (Å²) in [5.41, 5.74) is 2.69. The van der Waals surface area contributed by atoms with Crippen molar-refractivity contribution >= 4 is 33.2 Å². The Bertz CT molecular complexity index is 1230. The van der Waals surface area contributed by atoms with Crippen molar-refractivity contribution in [3.05, 3.63) is 88.4 Å². The summed E-state index contributed by atoms with van der Waals surface area (Å²) in [6.45, 7) is 0.571. The molecular weight excluding hydrogens is 476 g/mol. The van der Waals surface area contributed by atoms with Crippen molar-refractivity contribution < 1.29 is 22.7 Å². The quantitative estimate of drug-likeness (QED) is 0.447. The first kappa shape index (κ1) is 25.4. The second-order valence-electron chi connectivity index (χ2n) is 7.64. The Hall–Kier alpha value is -3.23. The number of nitrogens with one attached hydrogen (secondary N) is 1. The maximum absolute atomic E-state index is 12.6. The van der Waals surface area contributed by atoms with Gasteiger partial charge in [0.15, 0.2) is 0 Å². The van der Waals surface area contributed by atoms with Crippen LogP contribution in [0.4, 0.5) is 5.69 Å². The topological polar surface area (TPSA) is 84.9 Å². The van der Waals surface area contributed by atoms with Gasteiger partial charge >= 0.3 is 0 Å². The summed E-state index contributed by atoms with van der Waals surface area (Å²) in [7, 11) is -0.614. The highest BCUT2D eigenvalue weighted by Crippen LogP contribution is 2.34. The molecule has 1 amide bonds. The SMILES string of the molecule is COc1ccc(N(Cc2ccc(C(=O)NCCc3ccc(Cl)cc3)cc2)S(C)(=O)=O)c(OC)c1. The van der Waals surface area contributed by atoms with Crippen LogP contribution in [-0.4, -0.2) is 41.3 Å². The third-order valence-electron chi connectivity index (χ3n) is 5.21. The van der Waals surface area contributed by atoms with Crippen LogP contribution in [0.2, 0.25) is 5.02 Å². The van der Waals surface area contributed by atoms with Crippen LogP contribution in [0.25, 0.3) is 0 Å². The van der Waals surface area contributed by atoms with Crippen molar-refractivity contribution in [2.75, 3.05) is 31.3 Å². The number of ether oxygens (including phenoxy) is 2. The summed E-state index contributed by atoms with van der Waals surface area (Å²) < 4.78 is 36.9. The molecule has 34 heavy (non-hydrogen) atoms. The maximum atomic E-state index is 12.6. The second kappa shape index (κ2) is 11.3. The number of benzene rings is 3. The first-order valence-electron chi connectivity index (χ1n) is 10.5. The van der Waals surface area contributed by atoms with E-state index in [1.807, 2.05) is 24.3 Å². The van der Waals surface area contributed by atoms with Gasteiger partial charge in [-0.05, 0) is 53.9 Å². The van der Waals surface area contributed by atoms with Gasteiger partial charge in [-0.1, -0.05) is 35.9 Å². The van der Waals surface area contributed by atoms with E-state index in [0.717, 1.165) is 17.4 Å². The van der Waals surface area contributed by atoms with Gasteiger partial charge in [-0.3, -0.25) is 9.10 Å². The average molecular weight is 503 g/mol. The Morgan fingerprint density at radius 3 is 2.18 bits per heavy atom. The predicted molar refractivity (Wildman–Crippen MR) is 135 cm³/mol. The summed E-state index contributed by atoms with van der Waals surface area (Å²) in [5, 5.41) is 3.57. The molecule has 0 heterocycles. The van der Waals surface area contributed by atoms with Crippen molar-refractivity contribution in [1.82, 2.24) is 5.32 Å². The van der Waals surface area contributed by atoms with Gasteiger partial charge in [0.05, 0.1) is 32.7 Å². The Morgan fingerprint density at radius 1 is 0.941 bits per heavy atom. The van der Waals surface area contributed by atoms with Crippen LogP contribution in [0.5, 0.6) is 11.5 Å². The summed E-state index contributed by atoms with van der Waals surface area (Å²) in [4.78, 5) is 12.5. The van der Waals surface area contributed by atoms with E-state index in [2.05, 4.69) is 5.32 Å². The van der Waals surface area contributed by atoms with E-state index in [1.54, 1.807) is 42.5 Å². The number of anilines is 1. The lowest BCUT2D eigenvalue weighted by molar-refractivity contribution is 0.0954. The van der Waals surface area contributed by atoms with Crippen molar-refractivity contribution in [3.8, 4) is 11.5 Å². The highest BCUT2D eigenvalue weighted by atomic mass is 35.5.